The number of hydrogen-bond donors (Lipinski definition) is 2. The quantitative estimate of drug-likeness (QED) is 0.651. The lowest BCUT2D eigenvalue weighted by Gasteiger charge is -2.16. The maximum atomic E-state index is 11.8. The third-order valence-electron chi connectivity index (χ3n) is 2.41. The van der Waals surface area contributed by atoms with E-state index in [1.165, 1.54) is 11.3 Å². The first-order valence-corrected chi connectivity index (χ1v) is 6.60. The summed E-state index contributed by atoms with van der Waals surface area (Å²) in [4.78, 5) is 15.8. The molecule has 0 fully saturated rings. The molecule has 0 radical (unpaired) electrons. The second kappa shape index (κ2) is 5.99. The van der Waals surface area contributed by atoms with Crippen LogP contribution in [-0.2, 0) is 11.2 Å². The van der Waals surface area contributed by atoms with E-state index in [0.717, 1.165) is 10.6 Å². The van der Waals surface area contributed by atoms with Gasteiger partial charge in [-0.15, -0.1) is 17.8 Å². The molecule has 1 heterocycles. The zero-order chi connectivity index (χ0) is 13.0. The lowest BCUT2D eigenvalue weighted by molar-refractivity contribution is -0.121. The Hall–Kier alpha value is -1.12. The minimum atomic E-state index is -0.213. The monoisotopic (exact) mass is 268 g/mol. The molecule has 1 rings (SSSR count). The predicted molar refractivity (Wildman–Crippen MR) is 73.5 cm³/mol. The summed E-state index contributed by atoms with van der Waals surface area (Å²) in [5.74, 6) is 2.75. The molecular formula is C12H16N2OS2. The van der Waals surface area contributed by atoms with Crippen LogP contribution in [0.4, 0.5) is 0 Å². The number of carbonyl (C=O) groups is 1. The molecule has 0 bridgehead atoms. The smallest absolute Gasteiger partial charge is 0.226 e. The van der Waals surface area contributed by atoms with Gasteiger partial charge < -0.3 is 10.3 Å². The van der Waals surface area contributed by atoms with Gasteiger partial charge in [0.1, 0.15) is 0 Å². The van der Waals surface area contributed by atoms with Crippen molar-refractivity contribution >= 4 is 29.5 Å². The van der Waals surface area contributed by atoms with Gasteiger partial charge in [-0.2, -0.15) is 0 Å². The van der Waals surface area contributed by atoms with Gasteiger partial charge in [0.05, 0.1) is 12.5 Å². The number of aromatic nitrogens is 1. The first kappa shape index (κ1) is 13.9. The maximum Gasteiger partial charge on any atom is 0.226 e. The fraction of sp³-hybridized carbons (Fsp3) is 0.500. The minimum absolute atomic E-state index is 0.0602. The fourth-order valence-corrected chi connectivity index (χ4v) is 2.67. The van der Waals surface area contributed by atoms with Crippen LogP contribution in [0.25, 0.3) is 0 Å². The second-order valence-electron chi connectivity index (χ2n) is 4.20. The first-order chi connectivity index (χ1) is 7.93. The molecule has 3 nitrogen and oxygen atoms in total. The molecule has 0 aliphatic carbocycles. The number of thiazole rings is 1. The average molecular weight is 268 g/mol. The molecule has 1 amide bonds. The SMILES string of the molecule is C#CC(NC(=O)Cc1sc(=S)[nH]c1C)C(C)C. The van der Waals surface area contributed by atoms with Crippen LogP contribution >= 0.6 is 23.6 Å². The number of aryl methyl sites for hydroxylation is 1. The van der Waals surface area contributed by atoms with Crippen molar-refractivity contribution in [2.75, 3.05) is 0 Å². The van der Waals surface area contributed by atoms with Crippen molar-refractivity contribution in [1.29, 1.82) is 0 Å². The molecule has 1 aromatic heterocycles. The summed E-state index contributed by atoms with van der Waals surface area (Å²) in [7, 11) is 0. The number of nitrogens with one attached hydrogen (secondary N) is 2. The van der Waals surface area contributed by atoms with Gasteiger partial charge in [0, 0.05) is 10.6 Å². The Balaban J connectivity index is 2.65. The van der Waals surface area contributed by atoms with E-state index in [9.17, 15) is 4.79 Å². The van der Waals surface area contributed by atoms with E-state index < -0.39 is 0 Å². The van der Waals surface area contributed by atoms with Crippen LogP contribution in [0.2, 0.25) is 0 Å². The van der Waals surface area contributed by atoms with Gasteiger partial charge in [0.15, 0.2) is 3.95 Å². The van der Waals surface area contributed by atoms with Crippen LogP contribution in [0.5, 0.6) is 0 Å². The number of carbonyl (C=O) groups excluding carboxylic acids is 1. The zero-order valence-electron chi connectivity index (χ0n) is 10.2. The molecule has 1 unspecified atom stereocenters. The average Bonchev–Trinajstić information content (AvgIpc) is 2.53. The highest BCUT2D eigenvalue weighted by atomic mass is 32.1. The van der Waals surface area contributed by atoms with Gasteiger partial charge in [-0.1, -0.05) is 19.8 Å². The van der Waals surface area contributed by atoms with Gasteiger partial charge in [-0.05, 0) is 25.1 Å². The molecule has 5 heteroatoms. The van der Waals surface area contributed by atoms with Crippen molar-refractivity contribution in [3.8, 4) is 12.3 Å². The van der Waals surface area contributed by atoms with E-state index in [-0.39, 0.29) is 17.9 Å². The topological polar surface area (TPSA) is 44.9 Å². The van der Waals surface area contributed by atoms with E-state index in [1.807, 2.05) is 20.8 Å². The summed E-state index contributed by atoms with van der Waals surface area (Å²) in [6, 6.07) is -0.213. The molecule has 1 aromatic rings. The normalized spacial score (nSPS) is 12.2. The second-order valence-corrected chi connectivity index (χ2v) is 5.97. The Morgan fingerprint density at radius 1 is 1.65 bits per heavy atom. The largest absolute Gasteiger partial charge is 0.342 e. The molecule has 0 saturated heterocycles. The van der Waals surface area contributed by atoms with Crippen LogP contribution < -0.4 is 5.32 Å². The van der Waals surface area contributed by atoms with Gasteiger partial charge in [-0.3, -0.25) is 4.79 Å². The van der Waals surface area contributed by atoms with E-state index in [4.69, 9.17) is 18.6 Å². The molecule has 1 atom stereocenters. The summed E-state index contributed by atoms with van der Waals surface area (Å²) in [6.45, 7) is 5.88. The van der Waals surface area contributed by atoms with Gasteiger partial charge in [0.25, 0.3) is 0 Å². The Kier molecular flexibility index (Phi) is 4.91. The summed E-state index contributed by atoms with van der Waals surface area (Å²) in [5, 5.41) is 2.83. The predicted octanol–water partition coefficient (Wildman–Crippen LogP) is 2.43. The molecule has 0 aliphatic rings. The first-order valence-electron chi connectivity index (χ1n) is 5.38. The molecule has 0 aliphatic heterocycles. The Bertz CT molecular complexity index is 493. The lowest BCUT2D eigenvalue weighted by Crippen LogP contribution is -2.38. The standard InChI is InChI=1S/C12H16N2OS2/c1-5-9(7(2)3)14-11(15)6-10-8(4)13-12(16)17-10/h1,7,9H,6H2,2-4H3,(H,13,16)(H,14,15). The molecule has 0 saturated carbocycles. The molecule has 2 N–H and O–H groups in total. The summed E-state index contributed by atoms with van der Waals surface area (Å²) in [6.07, 6.45) is 5.69. The summed E-state index contributed by atoms with van der Waals surface area (Å²) in [5.41, 5.74) is 0.956. The van der Waals surface area contributed by atoms with Gasteiger partial charge >= 0.3 is 0 Å². The zero-order valence-corrected chi connectivity index (χ0v) is 11.8. The van der Waals surface area contributed by atoms with Crippen LogP contribution in [0.15, 0.2) is 0 Å². The number of amides is 1. The van der Waals surface area contributed by atoms with Crippen molar-refractivity contribution in [3.63, 3.8) is 0 Å². The highest BCUT2D eigenvalue weighted by molar-refractivity contribution is 7.73. The third kappa shape index (κ3) is 3.99. The van der Waals surface area contributed by atoms with Gasteiger partial charge in [0.2, 0.25) is 5.91 Å². The molecule has 0 spiro atoms. The van der Waals surface area contributed by atoms with Gasteiger partial charge in [-0.25, -0.2) is 0 Å². The molecule has 92 valence electrons. The maximum absolute atomic E-state index is 11.8. The molecule has 0 aromatic carbocycles. The van der Waals surface area contributed by atoms with Crippen LogP contribution in [0.1, 0.15) is 24.4 Å². The Morgan fingerprint density at radius 3 is 2.71 bits per heavy atom. The Labute approximate surface area is 111 Å². The van der Waals surface area contributed by atoms with Crippen LogP contribution in [0, 0.1) is 29.1 Å². The number of terminal acetylenes is 1. The summed E-state index contributed by atoms with van der Waals surface area (Å²) >= 11 is 6.46. The fourth-order valence-electron chi connectivity index (χ4n) is 1.38. The van der Waals surface area contributed by atoms with Crippen molar-refractivity contribution in [2.45, 2.75) is 33.2 Å². The molecule has 17 heavy (non-hydrogen) atoms. The number of H-pyrrole nitrogens is 1. The van der Waals surface area contributed by atoms with Crippen LogP contribution in [-0.4, -0.2) is 16.9 Å². The number of hydrogen-bond acceptors (Lipinski definition) is 3. The highest BCUT2D eigenvalue weighted by Gasteiger charge is 2.15. The Morgan fingerprint density at radius 2 is 2.29 bits per heavy atom. The highest BCUT2D eigenvalue weighted by Crippen LogP contribution is 2.15. The lowest BCUT2D eigenvalue weighted by atomic mass is 10.1. The van der Waals surface area contributed by atoms with Crippen molar-refractivity contribution < 1.29 is 4.79 Å². The third-order valence-corrected chi connectivity index (χ3v) is 3.74. The van der Waals surface area contributed by atoms with E-state index >= 15 is 0 Å². The minimum Gasteiger partial charge on any atom is -0.342 e. The van der Waals surface area contributed by atoms with Crippen LogP contribution in [0.3, 0.4) is 0 Å². The molecular weight excluding hydrogens is 252 g/mol. The number of rotatable bonds is 4. The van der Waals surface area contributed by atoms with Crippen molar-refractivity contribution in [3.05, 3.63) is 14.5 Å². The summed E-state index contributed by atoms with van der Waals surface area (Å²) < 4.78 is 0.697. The van der Waals surface area contributed by atoms with E-state index in [2.05, 4.69) is 16.2 Å². The number of aromatic amines is 1. The van der Waals surface area contributed by atoms with Crippen molar-refractivity contribution in [2.24, 2.45) is 5.92 Å². The van der Waals surface area contributed by atoms with E-state index in [1.54, 1.807) is 0 Å². The van der Waals surface area contributed by atoms with Crippen molar-refractivity contribution in [1.82, 2.24) is 10.3 Å². The van der Waals surface area contributed by atoms with E-state index in [0.29, 0.717) is 10.4 Å².